The summed E-state index contributed by atoms with van der Waals surface area (Å²) in [6.45, 7) is 10.7. The first kappa shape index (κ1) is 61.2. The van der Waals surface area contributed by atoms with E-state index in [-0.39, 0.29) is 11.5 Å². The fraction of sp³-hybridized carbons (Fsp3) is 1.00. The van der Waals surface area contributed by atoms with Gasteiger partial charge in [-0.05, 0) is 19.3 Å². The summed E-state index contributed by atoms with van der Waals surface area (Å²) in [7, 11) is 7.30. The Kier molecular flexibility index (Phi) is 53.0. The Hall–Kier alpha value is 0.230. The molecule has 0 bridgehead atoms. The maximum Gasteiger partial charge on any atom is 0.267 e. The predicted octanol–water partition coefficient (Wildman–Crippen LogP) is 19.9. The monoisotopic (exact) mass is 879 g/mol. The zero-order valence-corrected chi connectivity index (χ0v) is 44.6. The molecule has 0 fully saturated rings. The Morgan fingerprint density at radius 2 is 0.295 bits per heavy atom. The zero-order valence-electron chi connectivity index (χ0n) is 43.8. The molecule has 0 radical (unpaired) electrons. The minimum absolute atomic E-state index is 0.0874. The van der Waals surface area contributed by atoms with Gasteiger partial charge >= 0.3 is 0 Å². The summed E-state index contributed by atoms with van der Waals surface area (Å²) in [5, 5.41) is 0. The number of nitrogens with zero attached hydrogens (tertiary/aromatic N) is 3. The third-order valence-corrected chi connectivity index (χ3v) is 16.0. The Labute approximate surface area is 392 Å². The first-order chi connectivity index (χ1) is 30.1. The van der Waals surface area contributed by atoms with Crippen LogP contribution in [0.25, 0.3) is 0 Å². The van der Waals surface area contributed by atoms with E-state index in [1.165, 1.54) is 328 Å². The molecule has 0 amide bonds. The SMILES string of the molecule is CCCCCCCCCCCCCCCCCCN(C)[S+](N(C)CCCCCCCCCCCCCCCCCC)N(C)CCCCCCCCCCCCCCCCCC. The van der Waals surface area contributed by atoms with Gasteiger partial charge in [-0.3, -0.25) is 0 Å². The Morgan fingerprint density at radius 3 is 0.426 bits per heavy atom. The molecule has 0 aromatic rings. The number of unbranched alkanes of at least 4 members (excludes halogenated alkanes) is 45. The van der Waals surface area contributed by atoms with Gasteiger partial charge in [0.25, 0.3) is 11.5 Å². The summed E-state index contributed by atoms with van der Waals surface area (Å²) in [4.78, 5) is 0. The van der Waals surface area contributed by atoms with Crippen LogP contribution >= 0.6 is 0 Å². The molecule has 0 atom stereocenters. The minimum Gasteiger partial charge on any atom is -0.0912 e. The molecule has 0 saturated heterocycles. The average molecular weight is 880 g/mol. The second kappa shape index (κ2) is 52.9. The van der Waals surface area contributed by atoms with Crippen molar-refractivity contribution in [2.75, 3.05) is 40.8 Å². The second-order valence-electron chi connectivity index (χ2n) is 20.2. The lowest BCUT2D eigenvalue weighted by atomic mass is 10.0. The van der Waals surface area contributed by atoms with Crippen molar-refractivity contribution < 1.29 is 0 Å². The second-order valence-corrected chi connectivity index (χ2v) is 22.6. The van der Waals surface area contributed by atoms with Gasteiger partial charge in [0.15, 0.2) is 0 Å². The largest absolute Gasteiger partial charge is 0.267 e. The zero-order chi connectivity index (χ0) is 44.4. The van der Waals surface area contributed by atoms with Crippen LogP contribution < -0.4 is 0 Å². The Balaban J connectivity index is 4.32. The Bertz CT molecular complexity index is 678. The molecule has 0 aromatic carbocycles. The van der Waals surface area contributed by atoms with E-state index in [9.17, 15) is 0 Å². The maximum atomic E-state index is 2.72. The molecule has 61 heavy (non-hydrogen) atoms. The van der Waals surface area contributed by atoms with Crippen molar-refractivity contribution in [2.45, 2.75) is 329 Å². The highest BCUT2D eigenvalue weighted by Crippen LogP contribution is 2.20. The van der Waals surface area contributed by atoms with Gasteiger partial charge in [-0.1, -0.05) is 323 Å². The topological polar surface area (TPSA) is 9.72 Å². The summed E-state index contributed by atoms with van der Waals surface area (Å²) in [6, 6.07) is 0. The van der Waals surface area contributed by atoms with E-state index in [0.29, 0.717) is 0 Å². The van der Waals surface area contributed by atoms with Crippen molar-refractivity contribution in [1.29, 1.82) is 0 Å². The molecule has 0 aliphatic heterocycles. The molecule has 0 unspecified atom stereocenters. The molecular weight excluding hydrogens is 759 g/mol. The van der Waals surface area contributed by atoms with Crippen LogP contribution in [0.3, 0.4) is 0 Å². The van der Waals surface area contributed by atoms with Crippen molar-refractivity contribution in [1.82, 2.24) is 12.9 Å². The molecular formula is C57H120N3S+. The van der Waals surface area contributed by atoms with Crippen LogP contribution in [0.1, 0.15) is 329 Å². The van der Waals surface area contributed by atoms with Crippen molar-refractivity contribution in [2.24, 2.45) is 0 Å². The van der Waals surface area contributed by atoms with E-state index in [1.807, 2.05) is 0 Å². The average Bonchev–Trinajstić information content (AvgIpc) is 3.26. The van der Waals surface area contributed by atoms with E-state index >= 15 is 0 Å². The summed E-state index contributed by atoms with van der Waals surface area (Å²) in [5.74, 6) is 0. The first-order valence-electron chi connectivity index (χ1n) is 29.0. The molecule has 4 heteroatoms. The standard InChI is InChI=1S/C57H120N3S/c1-7-10-13-16-19-22-25-28-31-34-37-40-43-46-49-52-55-58(4)61(59(5)56-53-50-47-44-41-38-35-32-29-26-23-20-17-14-11-8-2)60(6)57-54-51-48-45-42-39-36-33-30-27-24-21-18-15-12-9-3/h7-57H2,1-6H3/q+1. The van der Waals surface area contributed by atoms with E-state index in [0.717, 1.165) is 0 Å². The van der Waals surface area contributed by atoms with Gasteiger partial charge in [0.1, 0.15) is 0 Å². The van der Waals surface area contributed by atoms with E-state index in [4.69, 9.17) is 0 Å². The third kappa shape index (κ3) is 46.6. The molecule has 0 N–H and O–H groups in total. The molecule has 0 aliphatic carbocycles. The van der Waals surface area contributed by atoms with E-state index in [2.05, 4.69) is 54.8 Å². The van der Waals surface area contributed by atoms with Gasteiger partial charge in [0, 0.05) is 40.8 Å². The van der Waals surface area contributed by atoms with Gasteiger partial charge < -0.3 is 0 Å². The molecule has 0 aliphatic rings. The van der Waals surface area contributed by atoms with Gasteiger partial charge in [-0.2, -0.15) is 0 Å². The maximum absolute atomic E-state index is 2.72. The summed E-state index contributed by atoms with van der Waals surface area (Å²) >= 11 is 0.0874. The van der Waals surface area contributed by atoms with Crippen LogP contribution in [0.15, 0.2) is 0 Å². The van der Waals surface area contributed by atoms with E-state index in [1.54, 1.807) is 0 Å². The van der Waals surface area contributed by atoms with Crippen LogP contribution in [0.5, 0.6) is 0 Å². The summed E-state index contributed by atoms with van der Waals surface area (Å²) < 4.78 is 8.17. The highest BCUT2D eigenvalue weighted by molar-refractivity contribution is 7.90. The lowest BCUT2D eigenvalue weighted by Gasteiger charge is -2.28. The first-order valence-corrected chi connectivity index (χ1v) is 30.1. The van der Waals surface area contributed by atoms with Crippen LogP contribution in [0.4, 0.5) is 0 Å². The van der Waals surface area contributed by atoms with Crippen LogP contribution in [0, 0.1) is 0 Å². The van der Waals surface area contributed by atoms with Crippen molar-refractivity contribution in [3.63, 3.8) is 0 Å². The van der Waals surface area contributed by atoms with Crippen LogP contribution in [0.2, 0.25) is 0 Å². The highest BCUT2D eigenvalue weighted by Gasteiger charge is 2.36. The molecule has 0 saturated carbocycles. The van der Waals surface area contributed by atoms with E-state index < -0.39 is 0 Å². The molecule has 3 nitrogen and oxygen atoms in total. The van der Waals surface area contributed by atoms with Crippen molar-refractivity contribution >= 4 is 11.5 Å². The molecule has 0 spiro atoms. The number of hydrogen-bond donors (Lipinski definition) is 0. The van der Waals surface area contributed by atoms with Gasteiger partial charge in [0.05, 0.1) is 0 Å². The fourth-order valence-corrected chi connectivity index (χ4v) is 11.9. The van der Waals surface area contributed by atoms with Crippen molar-refractivity contribution in [3.05, 3.63) is 0 Å². The number of rotatable bonds is 54. The molecule has 0 rings (SSSR count). The summed E-state index contributed by atoms with van der Waals surface area (Å²) in [5.41, 5.74) is 0. The third-order valence-electron chi connectivity index (χ3n) is 13.8. The van der Waals surface area contributed by atoms with Crippen LogP contribution in [-0.4, -0.2) is 53.7 Å². The van der Waals surface area contributed by atoms with Gasteiger partial charge in [-0.15, -0.1) is 0 Å². The minimum atomic E-state index is 0.0874. The van der Waals surface area contributed by atoms with Gasteiger partial charge in [-0.25, -0.2) is 0 Å². The Morgan fingerprint density at radius 1 is 0.180 bits per heavy atom. The van der Waals surface area contributed by atoms with Crippen LogP contribution in [-0.2, 0) is 11.5 Å². The lowest BCUT2D eigenvalue weighted by Crippen LogP contribution is -2.50. The van der Waals surface area contributed by atoms with Gasteiger partial charge in [0.2, 0.25) is 0 Å². The van der Waals surface area contributed by atoms with Crippen molar-refractivity contribution in [3.8, 4) is 0 Å². The highest BCUT2D eigenvalue weighted by atomic mass is 32.2. The smallest absolute Gasteiger partial charge is 0.0912 e. The molecule has 0 heterocycles. The quantitative estimate of drug-likeness (QED) is 0.0445. The lowest BCUT2D eigenvalue weighted by molar-refractivity contribution is 0.385. The molecule has 0 aromatic heterocycles. The normalized spacial score (nSPS) is 12.1. The number of hydrogen-bond acceptors (Lipinski definition) is 3. The molecule has 368 valence electrons. The summed E-state index contributed by atoms with van der Waals surface area (Å²) in [6.07, 6.45) is 69.5. The fourth-order valence-electron chi connectivity index (χ4n) is 9.61. The predicted molar refractivity (Wildman–Crippen MR) is 284 cm³/mol.